The first kappa shape index (κ1) is 15.4. The van der Waals surface area contributed by atoms with E-state index in [-0.39, 0.29) is 5.91 Å². The highest BCUT2D eigenvalue weighted by Gasteiger charge is 2.17. The molecule has 1 aromatic rings. The van der Waals surface area contributed by atoms with E-state index in [1.807, 2.05) is 6.92 Å². The first-order valence-corrected chi connectivity index (χ1v) is 8.32. The molecule has 0 bridgehead atoms. The normalized spacial score (nSPS) is 18.9. The molecule has 1 aromatic heterocycles. The molecule has 1 aliphatic rings. The summed E-state index contributed by atoms with van der Waals surface area (Å²) in [5.74, 6) is 2.36. The summed E-state index contributed by atoms with van der Waals surface area (Å²) < 4.78 is 5.38. The van der Waals surface area contributed by atoms with Gasteiger partial charge in [0.2, 0.25) is 5.91 Å². The summed E-state index contributed by atoms with van der Waals surface area (Å²) in [6.07, 6.45) is 4.51. The lowest BCUT2D eigenvalue weighted by atomic mass is 9.98. The van der Waals surface area contributed by atoms with Crippen molar-refractivity contribution in [1.29, 1.82) is 0 Å². The Balaban J connectivity index is 1.52. The van der Waals surface area contributed by atoms with Crippen LogP contribution in [0.5, 0.6) is 0 Å². The molecule has 1 fully saturated rings. The molecule has 0 aromatic carbocycles. The molecule has 5 nitrogen and oxygen atoms in total. The molecule has 0 radical (unpaired) electrons. The lowest BCUT2D eigenvalue weighted by Gasteiger charge is -2.21. The molecule has 1 amide bonds. The smallest absolute Gasteiger partial charge is 0.220 e. The summed E-state index contributed by atoms with van der Waals surface area (Å²) in [4.78, 5) is 19.1. The van der Waals surface area contributed by atoms with Crippen molar-refractivity contribution < 1.29 is 9.53 Å². The highest BCUT2D eigenvalue weighted by atomic mass is 32.2. The Bertz CT molecular complexity index is 416. The first-order chi connectivity index (χ1) is 9.75. The second-order valence-corrected chi connectivity index (χ2v) is 6.27. The molecule has 1 atom stereocenters. The summed E-state index contributed by atoms with van der Waals surface area (Å²) >= 11 is 1.79. The second kappa shape index (κ2) is 8.32. The predicted molar refractivity (Wildman–Crippen MR) is 80.7 cm³/mol. The number of nitrogens with one attached hydrogen (secondary N) is 2. The van der Waals surface area contributed by atoms with Gasteiger partial charge in [0.25, 0.3) is 0 Å². The van der Waals surface area contributed by atoms with Gasteiger partial charge in [-0.2, -0.15) is 11.8 Å². The third-order valence-electron chi connectivity index (χ3n) is 3.47. The monoisotopic (exact) mass is 297 g/mol. The number of aromatic nitrogens is 2. The van der Waals surface area contributed by atoms with Gasteiger partial charge in [-0.1, -0.05) is 0 Å². The van der Waals surface area contributed by atoms with E-state index in [0.29, 0.717) is 12.3 Å². The molecule has 1 saturated heterocycles. The molecule has 2 N–H and O–H groups in total. The van der Waals surface area contributed by atoms with Gasteiger partial charge < -0.3 is 15.0 Å². The van der Waals surface area contributed by atoms with Crippen molar-refractivity contribution in [2.45, 2.75) is 31.9 Å². The number of amides is 1. The number of aromatic amines is 1. The van der Waals surface area contributed by atoms with Crippen molar-refractivity contribution in [3.8, 4) is 0 Å². The zero-order valence-corrected chi connectivity index (χ0v) is 12.8. The number of imidazole rings is 1. The second-order valence-electron chi connectivity index (χ2n) is 5.16. The molecular formula is C14H23N3O2S. The number of carbonyl (C=O) groups is 1. The SMILES string of the molecule is Cc1[nH]cnc1CSCCNC(=O)C[C@@H]1CCCOC1. The highest BCUT2D eigenvalue weighted by Crippen LogP contribution is 2.17. The third-order valence-corrected chi connectivity index (χ3v) is 4.44. The summed E-state index contributed by atoms with van der Waals surface area (Å²) in [7, 11) is 0. The molecule has 0 spiro atoms. The van der Waals surface area contributed by atoms with Crippen LogP contribution in [0.3, 0.4) is 0 Å². The van der Waals surface area contributed by atoms with E-state index in [2.05, 4.69) is 15.3 Å². The standard InChI is InChI=1S/C14H23N3O2S/c1-11-13(17-10-16-11)9-20-6-4-15-14(18)7-12-3-2-5-19-8-12/h10,12H,2-9H2,1H3,(H,15,18)(H,16,17)/t12-/m0/s1. The quantitative estimate of drug-likeness (QED) is 0.754. The van der Waals surface area contributed by atoms with Crippen LogP contribution in [0, 0.1) is 12.8 Å². The Morgan fingerprint density at radius 1 is 1.65 bits per heavy atom. The first-order valence-electron chi connectivity index (χ1n) is 7.16. The number of rotatable bonds is 7. The number of thioether (sulfide) groups is 1. The zero-order valence-electron chi connectivity index (χ0n) is 12.0. The van der Waals surface area contributed by atoms with Gasteiger partial charge in [0.05, 0.1) is 12.0 Å². The van der Waals surface area contributed by atoms with Gasteiger partial charge in [-0.05, 0) is 25.7 Å². The molecule has 1 aliphatic heterocycles. The number of hydrogen-bond acceptors (Lipinski definition) is 4. The lowest BCUT2D eigenvalue weighted by Crippen LogP contribution is -2.30. The van der Waals surface area contributed by atoms with Crippen LogP contribution in [0.4, 0.5) is 0 Å². The number of ether oxygens (including phenoxy) is 1. The van der Waals surface area contributed by atoms with Gasteiger partial charge in [0.15, 0.2) is 0 Å². The number of nitrogens with zero attached hydrogens (tertiary/aromatic N) is 1. The van der Waals surface area contributed by atoms with Crippen LogP contribution < -0.4 is 5.32 Å². The molecule has 6 heteroatoms. The summed E-state index contributed by atoms with van der Waals surface area (Å²) in [5, 5.41) is 2.98. The van der Waals surface area contributed by atoms with Crippen LogP contribution in [0.15, 0.2) is 6.33 Å². The lowest BCUT2D eigenvalue weighted by molar-refractivity contribution is -0.122. The highest BCUT2D eigenvalue weighted by molar-refractivity contribution is 7.98. The number of carbonyl (C=O) groups excluding carboxylic acids is 1. The molecule has 112 valence electrons. The molecule has 2 heterocycles. The Morgan fingerprint density at radius 2 is 2.55 bits per heavy atom. The minimum atomic E-state index is 0.150. The predicted octanol–water partition coefficient (Wildman–Crippen LogP) is 1.88. The van der Waals surface area contributed by atoms with Crippen molar-refractivity contribution in [2.24, 2.45) is 5.92 Å². The Morgan fingerprint density at radius 3 is 3.25 bits per heavy atom. The van der Waals surface area contributed by atoms with Crippen LogP contribution in [0.2, 0.25) is 0 Å². The molecule has 0 saturated carbocycles. The average Bonchev–Trinajstić information content (AvgIpc) is 2.85. The fourth-order valence-electron chi connectivity index (χ4n) is 2.27. The van der Waals surface area contributed by atoms with Crippen molar-refractivity contribution in [3.05, 3.63) is 17.7 Å². The Hall–Kier alpha value is -1.01. The Kier molecular flexibility index (Phi) is 6.39. The van der Waals surface area contributed by atoms with E-state index in [9.17, 15) is 4.79 Å². The van der Waals surface area contributed by atoms with E-state index >= 15 is 0 Å². The fourth-order valence-corrected chi connectivity index (χ4v) is 3.14. The van der Waals surface area contributed by atoms with E-state index in [0.717, 1.165) is 55.5 Å². The van der Waals surface area contributed by atoms with Crippen molar-refractivity contribution in [2.75, 3.05) is 25.5 Å². The minimum Gasteiger partial charge on any atom is -0.381 e. The van der Waals surface area contributed by atoms with Gasteiger partial charge in [0, 0.05) is 43.4 Å². The van der Waals surface area contributed by atoms with Crippen LogP contribution >= 0.6 is 11.8 Å². The van der Waals surface area contributed by atoms with E-state index in [4.69, 9.17) is 4.74 Å². The van der Waals surface area contributed by atoms with Crippen molar-refractivity contribution >= 4 is 17.7 Å². The van der Waals surface area contributed by atoms with E-state index < -0.39 is 0 Å². The van der Waals surface area contributed by atoms with Crippen molar-refractivity contribution in [3.63, 3.8) is 0 Å². The van der Waals surface area contributed by atoms with Crippen LogP contribution in [-0.4, -0.2) is 41.4 Å². The number of hydrogen-bond donors (Lipinski definition) is 2. The summed E-state index contributed by atoms with van der Waals surface area (Å²) in [6.45, 7) is 4.33. The molecule has 2 rings (SSSR count). The van der Waals surface area contributed by atoms with E-state index in [1.54, 1.807) is 18.1 Å². The largest absolute Gasteiger partial charge is 0.381 e. The van der Waals surface area contributed by atoms with Gasteiger partial charge in [-0.15, -0.1) is 0 Å². The minimum absolute atomic E-state index is 0.150. The van der Waals surface area contributed by atoms with Gasteiger partial charge in [-0.25, -0.2) is 4.98 Å². The van der Waals surface area contributed by atoms with E-state index in [1.165, 1.54) is 0 Å². The van der Waals surface area contributed by atoms with Gasteiger partial charge in [-0.3, -0.25) is 4.79 Å². The maximum absolute atomic E-state index is 11.8. The van der Waals surface area contributed by atoms with Crippen LogP contribution in [-0.2, 0) is 15.3 Å². The summed E-state index contributed by atoms with van der Waals surface area (Å²) in [5.41, 5.74) is 2.22. The number of H-pyrrole nitrogens is 1. The third kappa shape index (κ3) is 5.17. The Labute approximate surface area is 124 Å². The van der Waals surface area contributed by atoms with Gasteiger partial charge >= 0.3 is 0 Å². The molecule has 20 heavy (non-hydrogen) atoms. The summed E-state index contributed by atoms with van der Waals surface area (Å²) in [6, 6.07) is 0. The zero-order chi connectivity index (χ0) is 14.2. The van der Waals surface area contributed by atoms with Gasteiger partial charge in [0.1, 0.15) is 0 Å². The molecule has 0 aliphatic carbocycles. The topological polar surface area (TPSA) is 67.0 Å². The average molecular weight is 297 g/mol. The van der Waals surface area contributed by atoms with Crippen LogP contribution in [0.1, 0.15) is 30.7 Å². The number of aryl methyl sites for hydroxylation is 1. The maximum atomic E-state index is 11.8. The molecular weight excluding hydrogens is 274 g/mol. The van der Waals surface area contributed by atoms with Crippen molar-refractivity contribution in [1.82, 2.24) is 15.3 Å². The van der Waals surface area contributed by atoms with Crippen LogP contribution in [0.25, 0.3) is 0 Å². The molecule has 0 unspecified atom stereocenters. The maximum Gasteiger partial charge on any atom is 0.220 e. The fraction of sp³-hybridized carbons (Fsp3) is 0.714.